The fourth-order valence-corrected chi connectivity index (χ4v) is 3.37. The van der Waals surface area contributed by atoms with Crippen molar-refractivity contribution >= 4 is 11.3 Å². The Labute approximate surface area is 123 Å². The average molecular weight is 292 g/mol. The van der Waals surface area contributed by atoms with Gasteiger partial charge in [0.15, 0.2) is 5.82 Å². The van der Waals surface area contributed by atoms with E-state index in [1.165, 1.54) is 19.3 Å². The number of likely N-dealkylation sites (N-methyl/N-ethyl adjacent to an activating group) is 1. The number of hydrogen-bond donors (Lipinski definition) is 1. The third-order valence-corrected chi connectivity index (χ3v) is 4.45. The van der Waals surface area contributed by atoms with E-state index in [1.54, 1.807) is 11.3 Å². The molecular formula is C14H20N4OS. The largest absolute Gasteiger partial charge is 0.334 e. The summed E-state index contributed by atoms with van der Waals surface area (Å²) < 4.78 is 5.35. The summed E-state index contributed by atoms with van der Waals surface area (Å²) in [7, 11) is 2.01. The molecule has 2 aromatic heterocycles. The number of hydrogen-bond acceptors (Lipinski definition) is 6. The quantitative estimate of drug-likeness (QED) is 0.917. The van der Waals surface area contributed by atoms with E-state index >= 15 is 0 Å². The lowest BCUT2D eigenvalue weighted by Crippen LogP contribution is -2.44. The number of likely N-dealkylation sites (tertiary alicyclic amines) is 1. The molecule has 1 fully saturated rings. The van der Waals surface area contributed by atoms with E-state index in [-0.39, 0.29) is 0 Å². The number of nitrogens with one attached hydrogen (secondary N) is 1. The zero-order valence-electron chi connectivity index (χ0n) is 11.7. The lowest BCUT2D eigenvalue weighted by Gasteiger charge is -2.34. The molecule has 0 amide bonds. The predicted molar refractivity (Wildman–Crippen MR) is 79.6 cm³/mol. The van der Waals surface area contributed by atoms with Gasteiger partial charge in [-0.3, -0.25) is 4.90 Å². The predicted octanol–water partition coefficient (Wildman–Crippen LogP) is 2.37. The Kier molecular flexibility index (Phi) is 4.44. The molecule has 1 aliphatic rings. The fraction of sp³-hybridized carbons (Fsp3) is 0.571. The molecule has 1 N–H and O–H groups in total. The van der Waals surface area contributed by atoms with Crippen molar-refractivity contribution in [2.45, 2.75) is 31.8 Å². The molecule has 1 unspecified atom stereocenters. The second kappa shape index (κ2) is 6.47. The van der Waals surface area contributed by atoms with Crippen LogP contribution in [0.3, 0.4) is 0 Å². The smallest absolute Gasteiger partial charge is 0.258 e. The second-order valence-electron chi connectivity index (χ2n) is 5.21. The van der Waals surface area contributed by atoms with E-state index in [0.717, 1.165) is 31.0 Å². The summed E-state index contributed by atoms with van der Waals surface area (Å²) in [6, 6.07) is 2.59. The van der Waals surface area contributed by atoms with Crippen LogP contribution in [0.15, 0.2) is 21.3 Å². The van der Waals surface area contributed by atoms with E-state index < -0.39 is 0 Å². The molecular weight excluding hydrogens is 272 g/mol. The minimum atomic E-state index is 0.580. The zero-order chi connectivity index (χ0) is 13.8. The number of piperidine rings is 1. The molecule has 2 aromatic rings. The number of rotatable bonds is 5. The highest BCUT2D eigenvalue weighted by molar-refractivity contribution is 7.08. The van der Waals surface area contributed by atoms with Gasteiger partial charge in [0, 0.05) is 18.0 Å². The lowest BCUT2D eigenvalue weighted by molar-refractivity contribution is 0.134. The van der Waals surface area contributed by atoms with Gasteiger partial charge in [0.1, 0.15) is 0 Å². The van der Waals surface area contributed by atoms with Crippen molar-refractivity contribution in [3.05, 3.63) is 22.7 Å². The van der Waals surface area contributed by atoms with Crippen molar-refractivity contribution in [3.8, 4) is 11.5 Å². The van der Waals surface area contributed by atoms with Gasteiger partial charge in [0.25, 0.3) is 5.89 Å². The van der Waals surface area contributed by atoms with Crippen LogP contribution in [0.25, 0.3) is 11.5 Å². The monoisotopic (exact) mass is 292 g/mol. The first-order valence-electron chi connectivity index (χ1n) is 7.10. The molecule has 3 rings (SSSR count). The highest BCUT2D eigenvalue weighted by atomic mass is 32.1. The summed E-state index contributed by atoms with van der Waals surface area (Å²) in [6.07, 6.45) is 3.82. The van der Waals surface area contributed by atoms with Crippen LogP contribution in [0.1, 0.15) is 25.1 Å². The van der Waals surface area contributed by atoms with Gasteiger partial charge in [-0.25, -0.2) is 0 Å². The lowest BCUT2D eigenvalue weighted by atomic mass is 10.0. The van der Waals surface area contributed by atoms with Gasteiger partial charge in [0.05, 0.1) is 12.1 Å². The standard InChI is InChI=1S/C14H20N4OS/c1-15-8-12-4-2-3-6-18(12)9-13-16-14(19-17-13)11-5-7-20-10-11/h5,7,10,12,15H,2-4,6,8-9H2,1H3. The Hall–Kier alpha value is -1.24. The molecule has 0 spiro atoms. The van der Waals surface area contributed by atoms with Crippen molar-refractivity contribution in [2.75, 3.05) is 20.1 Å². The summed E-state index contributed by atoms with van der Waals surface area (Å²) in [5.41, 5.74) is 1.01. The van der Waals surface area contributed by atoms with Crippen LogP contribution in [0, 0.1) is 0 Å². The molecule has 1 saturated heterocycles. The zero-order valence-corrected chi connectivity index (χ0v) is 12.5. The topological polar surface area (TPSA) is 54.2 Å². The molecule has 0 radical (unpaired) electrons. The normalized spacial score (nSPS) is 20.4. The molecule has 108 valence electrons. The third-order valence-electron chi connectivity index (χ3n) is 3.77. The van der Waals surface area contributed by atoms with Gasteiger partial charge in [-0.15, -0.1) is 0 Å². The highest BCUT2D eigenvalue weighted by Gasteiger charge is 2.23. The van der Waals surface area contributed by atoms with Crippen molar-refractivity contribution in [1.82, 2.24) is 20.4 Å². The Balaban J connectivity index is 1.67. The van der Waals surface area contributed by atoms with Crippen LogP contribution in [0.2, 0.25) is 0 Å². The molecule has 0 aromatic carbocycles. The second-order valence-corrected chi connectivity index (χ2v) is 5.99. The first-order chi connectivity index (χ1) is 9.86. The fourth-order valence-electron chi connectivity index (χ4n) is 2.74. The van der Waals surface area contributed by atoms with Crippen molar-refractivity contribution in [2.24, 2.45) is 0 Å². The van der Waals surface area contributed by atoms with E-state index in [0.29, 0.717) is 11.9 Å². The van der Waals surface area contributed by atoms with Crippen LogP contribution >= 0.6 is 11.3 Å². The molecule has 0 aliphatic carbocycles. The summed E-state index contributed by atoms with van der Waals surface area (Å²) >= 11 is 1.64. The van der Waals surface area contributed by atoms with E-state index in [4.69, 9.17) is 4.52 Å². The summed E-state index contributed by atoms with van der Waals surface area (Å²) in [4.78, 5) is 6.97. The Bertz CT molecular complexity index is 523. The first-order valence-corrected chi connectivity index (χ1v) is 8.05. The van der Waals surface area contributed by atoms with Crippen molar-refractivity contribution in [3.63, 3.8) is 0 Å². The number of nitrogens with zero attached hydrogens (tertiary/aromatic N) is 3. The summed E-state index contributed by atoms with van der Waals surface area (Å²) in [5, 5.41) is 11.4. The van der Waals surface area contributed by atoms with Crippen molar-refractivity contribution < 1.29 is 4.52 Å². The van der Waals surface area contributed by atoms with Crippen LogP contribution in [0.4, 0.5) is 0 Å². The molecule has 6 heteroatoms. The van der Waals surface area contributed by atoms with Gasteiger partial charge in [0.2, 0.25) is 0 Å². The van der Waals surface area contributed by atoms with Gasteiger partial charge in [-0.2, -0.15) is 16.3 Å². The van der Waals surface area contributed by atoms with Crippen LogP contribution in [-0.2, 0) is 6.54 Å². The Morgan fingerprint density at radius 1 is 1.50 bits per heavy atom. The van der Waals surface area contributed by atoms with Crippen LogP contribution in [0.5, 0.6) is 0 Å². The summed E-state index contributed by atoms with van der Waals surface area (Å²) in [6.45, 7) is 2.92. The number of thiophene rings is 1. The minimum absolute atomic E-state index is 0.580. The molecule has 3 heterocycles. The third kappa shape index (κ3) is 3.08. The van der Waals surface area contributed by atoms with E-state index in [2.05, 4.69) is 20.4 Å². The Morgan fingerprint density at radius 2 is 2.45 bits per heavy atom. The maximum Gasteiger partial charge on any atom is 0.258 e. The SMILES string of the molecule is CNCC1CCCCN1Cc1noc(-c2ccsc2)n1. The van der Waals surface area contributed by atoms with Gasteiger partial charge in [-0.05, 0) is 37.9 Å². The van der Waals surface area contributed by atoms with Gasteiger partial charge < -0.3 is 9.84 Å². The molecule has 1 aliphatic heterocycles. The summed E-state index contributed by atoms with van der Waals surface area (Å²) in [5.74, 6) is 1.41. The first kappa shape index (κ1) is 13.7. The Morgan fingerprint density at radius 3 is 3.25 bits per heavy atom. The van der Waals surface area contributed by atoms with E-state index in [1.807, 2.05) is 23.9 Å². The average Bonchev–Trinajstić information content (AvgIpc) is 3.12. The number of aromatic nitrogens is 2. The molecule has 1 atom stereocenters. The highest BCUT2D eigenvalue weighted by Crippen LogP contribution is 2.22. The van der Waals surface area contributed by atoms with E-state index in [9.17, 15) is 0 Å². The molecule has 0 bridgehead atoms. The van der Waals surface area contributed by atoms with Crippen molar-refractivity contribution in [1.29, 1.82) is 0 Å². The molecule has 5 nitrogen and oxygen atoms in total. The van der Waals surface area contributed by atoms with Crippen LogP contribution in [-0.4, -0.2) is 41.2 Å². The van der Waals surface area contributed by atoms with Gasteiger partial charge >= 0.3 is 0 Å². The maximum absolute atomic E-state index is 5.35. The van der Waals surface area contributed by atoms with Gasteiger partial charge in [-0.1, -0.05) is 11.6 Å². The van der Waals surface area contributed by atoms with Crippen LogP contribution < -0.4 is 5.32 Å². The maximum atomic E-state index is 5.35. The minimum Gasteiger partial charge on any atom is -0.334 e. The molecule has 20 heavy (non-hydrogen) atoms. The molecule has 0 saturated carbocycles.